The largest absolute Gasteiger partial charge is 0.482 e. The maximum Gasteiger partial charge on any atom is 0.261 e. The van der Waals surface area contributed by atoms with Gasteiger partial charge in [0.05, 0.1) is 5.02 Å². The number of ether oxygens (including phenoxy) is 1. The van der Waals surface area contributed by atoms with Gasteiger partial charge in [-0.3, -0.25) is 9.59 Å². The summed E-state index contributed by atoms with van der Waals surface area (Å²) >= 11 is 18.3. The Morgan fingerprint density at radius 1 is 0.868 bits per heavy atom. The molecule has 2 amide bonds. The molecule has 3 aromatic rings. The lowest BCUT2D eigenvalue weighted by Gasteiger charge is -2.33. The zero-order valence-electron chi connectivity index (χ0n) is 21.0. The number of carbonyl (C=O) groups excluding carboxylic acids is 2. The first-order chi connectivity index (χ1) is 18.4. The van der Waals surface area contributed by atoms with Gasteiger partial charge in [0.1, 0.15) is 11.8 Å². The molecule has 0 saturated heterocycles. The Hall–Kier alpha value is -2.73. The molecule has 1 aliphatic rings. The molecule has 1 saturated carbocycles. The normalized spacial score (nSPS) is 14.5. The van der Waals surface area contributed by atoms with Gasteiger partial charge in [0, 0.05) is 29.1 Å². The van der Waals surface area contributed by atoms with Crippen LogP contribution in [0.2, 0.25) is 15.1 Å². The molecule has 5 nitrogen and oxygen atoms in total. The third-order valence-corrected chi connectivity index (χ3v) is 7.52. The number of rotatable bonds is 10. The zero-order chi connectivity index (χ0) is 26.9. The van der Waals surface area contributed by atoms with Gasteiger partial charge in [-0.2, -0.15) is 0 Å². The lowest BCUT2D eigenvalue weighted by molar-refractivity contribution is -0.143. The van der Waals surface area contributed by atoms with Gasteiger partial charge < -0.3 is 15.0 Å². The van der Waals surface area contributed by atoms with Crippen molar-refractivity contribution in [3.8, 4) is 5.75 Å². The predicted octanol–water partition coefficient (Wildman–Crippen LogP) is 7.11. The number of nitrogens with zero attached hydrogens (tertiary/aromatic N) is 1. The minimum absolute atomic E-state index is 0.117. The first kappa shape index (κ1) is 28.3. The van der Waals surface area contributed by atoms with Crippen LogP contribution in [0.3, 0.4) is 0 Å². The van der Waals surface area contributed by atoms with E-state index in [2.05, 4.69) is 5.32 Å². The van der Waals surface area contributed by atoms with Gasteiger partial charge >= 0.3 is 0 Å². The van der Waals surface area contributed by atoms with Crippen molar-refractivity contribution in [2.24, 2.45) is 0 Å². The smallest absolute Gasteiger partial charge is 0.261 e. The van der Waals surface area contributed by atoms with Crippen molar-refractivity contribution in [1.29, 1.82) is 0 Å². The molecule has 0 unspecified atom stereocenters. The summed E-state index contributed by atoms with van der Waals surface area (Å²) in [5, 5.41) is 4.61. The summed E-state index contributed by atoms with van der Waals surface area (Å²) in [4.78, 5) is 29.1. The Kier molecular flexibility index (Phi) is 10.3. The number of carbonyl (C=O) groups is 2. The molecule has 0 aliphatic heterocycles. The fourth-order valence-corrected chi connectivity index (χ4v) is 5.29. The van der Waals surface area contributed by atoms with E-state index in [1.54, 1.807) is 35.2 Å². The molecule has 0 heterocycles. The average Bonchev–Trinajstić information content (AvgIpc) is 2.92. The average molecular weight is 574 g/mol. The van der Waals surface area contributed by atoms with Crippen LogP contribution in [0.15, 0.2) is 72.8 Å². The third-order valence-electron chi connectivity index (χ3n) is 6.73. The molecule has 1 aliphatic carbocycles. The van der Waals surface area contributed by atoms with E-state index in [0.29, 0.717) is 27.2 Å². The molecule has 200 valence electrons. The molecule has 1 N–H and O–H groups in total. The molecule has 0 bridgehead atoms. The van der Waals surface area contributed by atoms with Crippen LogP contribution in [0.5, 0.6) is 5.75 Å². The number of nitrogens with one attached hydrogen (secondary N) is 1. The van der Waals surface area contributed by atoms with Crippen LogP contribution in [-0.2, 0) is 22.6 Å². The Morgan fingerprint density at radius 3 is 2.24 bits per heavy atom. The molecule has 0 radical (unpaired) electrons. The monoisotopic (exact) mass is 572 g/mol. The lowest BCUT2D eigenvalue weighted by atomic mass is 9.94. The van der Waals surface area contributed by atoms with E-state index in [-0.39, 0.29) is 31.0 Å². The first-order valence-electron chi connectivity index (χ1n) is 12.8. The number of hydrogen-bond donors (Lipinski definition) is 1. The van der Waals surface area contributed by atoms with Gasteiger partial charge in [-0.25, -0.2) is 0 Å². The van der Waals surface area contributed by atoms with Gasteiger partial charge in [-0.1, -0.05) is 96.5 Å². The SMILES string of the molecule is O=C(NC1CCCCC1)[C@@H](Cc1ccccc1)N(Cc1ccc(Cl)cc1)C(=O)COc1ccc(Cl)cc1Cl. The highest BCUT2D eigenvalue weighted by Crippen LogP contribution is 2.28. The predicted molar refractivity (Wildman–Crippen MR) is 153 cm³/mol. The van der Waals surface area contributed by atoms with Crippen LogP contribution in [0.1, 0.15) is 43.2 Å². The second-order valence-electron chi connectivity index (χ2n) is 9.56. The van der Waals surface area contributed by atoms with Crippen LogP contribution in [0.4, 0.5) is 0 Å². The summed E-state index contributed by atoms with van der Waals surface area (Å²) in [6.45, 7) is -0.0553. The summed E-state index contributed by atoms with van der Waals surface area (Å²) in [7, 11) is 0. The number of halogens is 3. The van der Waals surface area contributed by atoms with Gasteiger partial charge in [0.2, 0.25) is 5.91 Å². The Labute approximate surface area is 239 Å². The van der Waals surface area contributed by atoms with Crippen LogP contribution in [0, 0.1) is 0 Å². The maximum atomic E-state index is 13.8. The highest BCUT2D eigenvalue weighted by molar-refractivity contribution is 6.35. The highest BCUT2D eigenvalue weighted by atomic mass is 35.5. The van der Waals surface area contributed by atoms with Crippen molar-refractivity contribution in [2.75, 3.05) is 6.61 Å². The van der Waals surface area contributed by atoms with Crippen molar-refractivity contribution in [3.63, 3.8) is 0 Å². The van der Waals surface area contributed by atoms with Crippen LogP contribution < -0.4 is 10.1 Å². The van der Waals surface area contributed by atoms with Gasteiger partial charge in [-0.05, 0) is 54.3 Å². The molecule has 0 spiro atoms. The summed E-state index contributed by atoms with van der Waals surface area (Å²) in [6.07, 6.45) is 5.65. The van der Waals surface area contributed by atoms with Gasteiger partial charge in [-0.15, -0.1) is 0 Å². The fraction of sp³-hybridized carbons (Fsp3) is 0.333. The van der Waals surface area contributed by atoms with Gasteiger partial charge in [0.25, 0.3) is 5.91 Å². The standard InChI is InChI=1S/C30H31Cl3N2O3/c31-23-13-11-22(12-14-23)19-35(29(36)20-38-28-16-15-24(32)18-26(28)33)27(17-21-7-3-1-4-8-21)30(37)34-25-9-5-2-6-10-25/h1,3-4,7-8,11-16,18,25,27H,2,5-6,9-10,17,19-20H2,(H,34,37)/t27-/m1/s1. The Bertz CT molecular complexity index is 1220. The summed E-state index contributed by atoms with van der Waals surface area (Å²) in [6, 6.07) is 21.2. The molecular weight excluding hydrogens is 543 g/mol. The minimum Gasteiger partial charge on any atom is -0.482 e. The Balaban J connectivity index is 1.61. The maximum absolute atomic E-state index is 13.8. The van der Waals surface area contributed by atoms with E-state index in [1.807, 2.05) is 42.5 Å². The number of amides is 2. The molecule has 3 aromatic carbocycles. The molecule has 1 fully saturated rings. The van der Waals surface area contributed by atoms with Gasteiger partial charge in [0.15, 0.2) is 6.61 Å². The quantitative estimate of drug-likeness (QED) is 0.281. The summed E-state index contributed by atoms with van der Waals surface area (Å²) in [5.74, 6) is -0.139. The van der Waals surface area contributed by atoms with Crippen LogP contribution in [-0.4, -0.2) is 35.4 Å². The van der Waals surface area contributed by atoms with E-state index >= 15 is 0 Å². The molecule has 38 heavy (non-hydrogen) atoms. The van der Waals surface area contributed by atoms with E-state index in [1.165, 1.54) is 6.42 Å². The lowest BCUT2D eigenvalue weighted by Crippen LogP contribution is -2.53. The van der Waals surface area contributed by atoms with E-state index in [0.717, 1.165) is 36.8 Å². The van der Waals surface area contributed by atoms with Crippen LogP contribution >= 0.6 is 34.8 Å². The number of benzene rings is 3. The van der Waals surface area contributed by atoms with Crippen LogP contribution in [0.25, 0.3) is 0 Å². The minimum atomic E-state index is -0.730. The molecule has 1 atom stereocenters. The highest BCUT2D eigenvalue weighted by Gasteiger charge is 2.32. The third kappa shape index (κ3) is 8.13. The molecule has 0 aromatic heterocycles. The molecular formula is C30H31Cl3N2O3. The fourth-order valence-electron chi connectivity index (χ4n) is 4.70. The second kappa shape index (κ2) is 13.9. The van der Waals surface area contributed by atoms with Crippen molar-refractivity contribution in [1.82, 2.24) is 10.2 Å². The second-order valence-corrected chi connectivity index (χ2v) is 10.8. The summed E-state index contributed by atoms with van der Waals surface area (Å²) in [5.41, 5.74) is 1.82. The van der Waals surface area contributed by atoms with E-state index < -0.39 is 6.04 Å². The number of hydrogen-bond acceptors (Lipinski definition) is 3. The molecule has 4 rings (SSSR count). The van der Waals surface area contributed by atoms with Crippen molar-refractivity contribution >= 4 is 46.6 Å². The van der Waals surface area contributed by atoms with E-state index in [9.17, 15) is 9.59 Å². The topological polar surface area (TPSA) is 58.6 Å². The molecule has 8 heteroatoms. The van der Waals surface area contributed by atoms with Crippen molar-refractivity contribution in [3.05, 3.63) is 99.0 Å². The van der Waals surface area contributed by atoms with Crippen molar-refractivity contribution < 1.29 is 14.3 Å². The Morgan fingerprint density at radius 2 is 1.55 bits per heavy atom. The van der Waals surface area contributed by atoms with Crippen molar-refractivity contribution in [2.45, 2.75) is 57.2 Å². The van der Waals surface area contributed by atoms with E-state index in [4.69, 9.17) is 39.5 Å². The first-order valence-corrected chi connectivity index (χ1v) is 14.0. The summed E-state index contributed by atoms with van der Waals surface area (Å²) < 4.78 is 5.79. The zero-order valence-corrected chi connectivity index (χ0v) is 23.3.